The predicted octanol–water partition coefficient (Wildman–Crippen LogP) is 2.50. The molecule has 0 aliphatic carbocycles. The summed E-state index contributed by atoms with van der Waals surface area (Å²) in [5.41, 5.74) is -0.302. The second-order valence-corrected chi connectivity index (χ2v) is 6.53. The SMILES string of the molecule is C[C@H](CCc1ccco1)Nc1ncc2c(=O)n(-c3ccccc3)c(=O)[nH]c2n1. The number of para-hydroxylation sites is 1. The van der Waals surface area contributed by atoms with Crippen molar-refractivity contribution in [3.63, 3.8) is 0 Å². The second kappa shape index (κ2) is 7.51. The van der Waals surface area contributed by atoms with Gasteiger partial charge in [0, 0.05) is 18.7 Å². The van der Waals surface area contributed by atoms with Gasteiger partial charge in [-0.25, -0.2) is 14.3 Å². The zero-order chi connectivity index (χ0) is 19.5. The number of fused-ring (bicyclic) bond motifs is 1. The van der Waals surface area contributed by atoms with Gasteiger partial charge in [0.05, 0.1) is 12.0 Å². The van der Waals surface area contributed by atoms with Crippen LogP contribution < -0.4 is 16.6 Å². The lowest BCUT2D eigenvalue weighted by molar-refractivity contribution is 0.494. The van der Waals surface area contributed by atoms with Gasteiger partial charge in [-0.3, -0.25) is 9.78 Å². The number of aromatic amines is 1. The molecule has 0 aliphatic heterocycles. The second-order valence-electron chi connectivity index (χ2n) is 6.53. The number of hydrogen-bond acceptors (Lipinski definition) is 6. The summed E-state index contributed by atoms with van der Waals surface area (Å²) in [6.07, 6.45) is 4.69. The van der Waals surface area contributed by atoms with Crippen molar-refractivity contribution < 1.29 is 4.42 Å². The van der Waals surface area contributed by atoms with Gasteiger partial charge >= 0.3 is 5.69 Å². The Balaban J connectivity index is 1.59. The third kappa shape index (κ3) is 3.57. The first-order valence-corrected chi connectivity index (χ1v) is 8.98. The van der Waals surface area contributed by atoms with E-state index in [1.54, 1.807) is 30.5 Å². The van der Waals surface area contributed by atoms with Crippen molar-refractivity contribution in [3.05, 3.63) is 81.5 Å². The van der Waals surface area contributed by atoms with Crippen LogP contribution in [0.3, 0.4) is 0 Å². The largest absolute Gasteiger partial charge is 0.469 e. The van der Waals surface area contributed by atoms with E-state index in [4.69, 9.17) is 4.42 Å². The van der Waals surface area contributed by atoms with Crippen molar-refractivity contribution in [1.29, 1.82) is 0 Å². The zero-order valence-corrected chi connectivity index (χ0v) is 15.3. The fourth-order valence-corrected chi connectivity index (χ4v) is 2.99. The van der Waals surface area contributed by atoms with E-state index >= 15 is 0 Å². The van der Waals surface area contributed by atoms with Crippen molar-refractivity contribution in [3.8, 4) is 5.69 Å². The predicted molar refractivity (Wildman–Crippen MR) is 106 cm³/mol. The summed E-state index contributed by atoms with van der Waals surface area (Å²) in [7, 11) is 0. The van der Waals surface area contributed by atoms with Crippen molar-refractivity contribution in [2.24, 2.45) is 0 Å². The van der Waals surface area contributed by atoms with E-state index in [9.17, 15) is 9.59 Å². The topological polar surface area (TPSA) is 106 Å². The molecule has 0 saturated carbocycles. The number of nitrogens with zero attached hydrogens (tertiary/aromatic N) is 3. The normalized spacial score (nSPS) is 12.2. The minimum atomic E-state index is -0.542. The zero-order valence-electron chi connectivity index (χ0n) is 15.3. The molecule has 3 aromatic heterocycles. The fraction of sp³-hybridized carbons (Fsp3) is 0.200. The van der Waals surface area contributed by atoms with E-state index < -0.39 is 11.2 Å². The number of rotatable bonds is 6. The first-order chi connectivity index (χ1) is 13.6. The van der Waals surface area contributed by atoms with Gasteiger partial charge in [-0.2, -0.15) is 4.98 Å². The molecule has 0 aliphatic rings. The van der Waals surface area contributed by atoms with Crippen LogP contribution in [0.15, 0.2) is 68.9 Å². The Hall–Kier alpha value is -3.68. The van der Waals surface area contributed by atoms with Crippen LogP contribution in [-0.2, 0) is 6.42 Å². The molecule has 0 amide bonds. The summed E-state index contributed by atoms with van der Waals surface area (Å²) in [5.74, 6) is 1.27. The lowest BCUT2D eigenvalue weighted by atomic mass is 10.1. The van der Waals surface area contributed by atoms with E-state index in [1.807, 2.05) is 25.1 Å². The Kier molecular flexibility index (Phi) is 4.76. The van der Waals surface area contributed by atoms with Gasteiger partial charge in [0.15, 0.2) is 5.65 Å². The van der Waals surface area contributed by atoms with E-state index in [0.29, 0.717) is 11.6 Å². The molecule has 4 aromatic rings. The molecule has 0 unspecified atom stereocenters. The molecule has 0 bridgehead atoms. The maximum absolute atomic E-state index is 12.7. The summed E-state index contributed by atoms with van der Waals surface area (Å²) in [4.78, 5) is 36.4. The standard InChI is InChI=1S/C20H19N5O3/c1-13(9-10-15-8-5-11-28-15)22-19-21-12-16-17(23-19)24-20(27)25(18(16)26)14-6-3-2-4-7-14/h2-8,11-13H,9-10H2,1H3,(H2,21,22,23,24,27)/t13-/m1/s1. The van der Waals surface area contributed by atoms with Crippen molar-refractivity contribution in [1.82, 2.24) is 19.5 Å². The fourth-order valence-electron chi connectivity index (χ4n) is 2.99. The van der Waals surface area contributed by atoms with Crippen LogP contribution in [0.2, 0.25) is 0 Å². The first kappa shape index (κ1) is 17.7. The third-order valence-electron chi connectivity index (χ3n) is 4.44. The first-order valence-electron chi connectivity index (χ1n) is 8.98. The third-order valence-corrected chi connectivity index (χ3v) is 4.44. The number of aryl methyl sites for hydroxylation is 1. The van der Waals surface area contributed by atoms with Crippen LogP contribution in [0.5, 0.6) is 0 Å². The Bertz CT molecular complexity index is 1200. The summed E-state index contributed by atoms with van der Waals surface area (Å²) >= 11 is 0. The Labute approximate surface area is 159 Å². The molecule has 3 heterocycles. The lowest BCUT2D eigenvalue weighted by Gasteiger charge is -2.13. The molecule has 2 N–H and O–H groups in total. The van der Waals surface area contributed by atoms with Crippen molar-refractivity contribution >= 4 is 17.0 Å². The van der Waals surface area contributed by atoms with Gasteiger partial charge in [-0.15, -0.1) is 0 Å². The van der Waals surface area contributed by atoms with E-state index in [-0.39, 0.29) is 17.1 Å². The van der Waals surface area contributed by atoms with E-state index in [2.05, 4.69) is 20.3 Å². The Morgan fingerprint density at radius 3 is 2.75 bits per heavy atom. The molecule has 8 heteroatoms. The highest BCUT2D eigenvalue weighted by Gasteiger charge is 2.12. The minimum absolute atomic E-state index is 0.0824. The maximum Gasteiger partial charge on any atom is 0.334 e. The summed E-state index contributed by atoms with van der Waals surface area (Å²) in [6.45, 7) is 2.01. The highest BCUT2D eigenvalue weighted by molar-refractivity contribution is 5.73. The van der Waals surface area contributed by atoms with Gasteiger partial charge < -0.3 is 9.73 Å². The molecule has 0 spiro atoms. The number of benzene rings is 1. The summed E-state index contributed by atoms with van der Waals surface area (Å²) in [5, 5.41) is 3.43. The molecule has 1 atom stereocenters. The lowest BCUT2D eigenvalue weighted by Crippen LogP contribution is -2.34. The quantitative estimate of drug-likeness (QED) is 0.535. The number of furan rings is 1. The average molecular weight is 377 g/mol. The summed E-state index contributed by atoms with van der Waals surface area (Å²) in [6, 6.07) is 12.6. The molecule has 8 nitrogen and oxygen atoms in total. The highest BCUT2D eigenvalue weighted by Crippen LogP contribution is 2.11. The van der Waals surface area contributed by atoms with Crippen molar-refractivity contribution in [2.75, 3.05) is 5.32 Å². The van der Waals surface area contributed by atoms with Gasteiger partial charge in [-0.05, 0) is 37.6 Å². The Morgan fingerprint density at radius 1 is 1.18 bits per heavy atom. The average Bonchev–Trinajstić information content (AvgIpc) is 3.21. The van der Waals surface area contributed by atoms with Crippen LogP contribution in [0.25, 0.3) is 16.7 Å². The molecule has 4 rings (SSSR count). The molecule has 0 fully saturated rings. The van der Waals surface area contributed by atoms with Crippen molar-refractivity contribution in [2.45, 2.75) is 25.8 Å². The number of hydrogen-bond donors (Lipinski definition) is 2. The van der Waals surface area contributed by atoms with Gasteiger partial charge in [0.1, 0.15) is 11.1 Å². The molecule has 28 heavy (non-hydrogen) atoms. The molecule has 0 radical (unpaired) electrons. The van der Waals surface area contributed by atoms with Crippen LogP contribution >= 0.6 is 0 Å². The van der Waals surface area contributed by atoms with Crippen LogP contribution in [0, 0.1) is 0 Å². The summed E-state index contributed by atoms with van der Waals surface area (Å²) < 4.78 is 6.40. The van der Waals surface area contributed by atoms with E-state index in [0.717, 1.165) is 23.2 Å². The number of nitrogens with one attached hydrogen (secondary N) is 2. The van der Waals surface area contributed by atoms with E-state index in [1.165, 1.54) is 6.20 Å². The molecular formula is C20H19N5O3. The number of anilines is 1. The maximum atomic E-state index is 12.7. The molecule has 142 valence electrons. The van der Waals surface area contributed by atoms with Crippen LogP contribution in [0.1, 0.15) is 19.1 Å². The van der Waals surface area contributed by atoms with Crippen LogP contribution in [-0.4, -0.2) is 25.6 Å². The number of H-pyrrole nitrogens is 1. The minimum Gasteiger partial charge on any atom is -0.469 e. The number of aromatic nitrogens is 4. The smallest absolute Gasteiger partial charge is 0.334 e. The van der Waals surface area contributed by atoms with Gasteiger partial charge in [0.2, 0.25) is 5.95 Å². The van der Waals surface area contributed by atoms with Crippen LogP contribution in [0.4, 0.5) is 5.95 Å². The Morgan fingerprint density at radius 2 is 2.00 bits per heavy atom. The van der Waals surface area contributed by atoms with Gasteiger partial charge in [-0.1, -0.05) is 18.2 Å². The monoisotopic (exact) mass is 377 g/mol. The molecule has 0 saturated heterocycles. The van der Waals surface area contributed by atoms with Gasteiger partial charge in [0.25, 0.3) is 5.56 Å². The highest BCUT2D eigenvalue weighted by atomic mass is 16.3. The molecule has 1 aromatic carbocycles. The molecular weight excluding hydrogens is 358 g/mol.